The van der Waals surface area contributed by atoms with Gasteiger partial charge in [0.05, 0.1) is 5.75 Å². The van der Waals surface area contributed by atoms with Gasteiger partial charge in [0.2, 0.25) is 10.0 Å². The number of guanidine groups is 1. The predicted molar refractivity (Wildman–Crippen MR) is 92.6 cm³/mol. The Balaban J connectivity index is 2.31. The van der Waals surface area contributed by atoms with Crippen molar-refractivity contribution in [1.82, 2.24) is 14.9 Å². The summed E-state index contributed by atoms with van der Waals surface area (Å²) in [5.74, 6) is 1.02. The standard InChI is InChI=1S/C15H32N4O2S/c1-13(7-8-15(2,3)4)18-14(16-5)17-9-11-19-10-6-12-22(19,20)21/h13H,6-12H2,1-5H3,(H2,16,17,18). The highest BCUT2D eigenvalue weighted by molar-refractivity contribution is 7.89. The molecule has 1 saturated heterocycles. The van der Waals surface area contributed by atoms with E-state index in [0.29, 0.717) is 31.1 Å². The zero-order valence-corrected chi connectivity index (χ0v) is 15.5. The molecule has 22 heavy (non-hydrogen) atoms. The van der Waals surface area contributed by atoms with Crippen molar-refractivity contribution in [2.75, 3.05) is 32.4 Å². The summed E-state index contributed by atoms with van der Waals surface area (Å²) in [4.78, 5) is 4.20. The number of nitrogens with zero attached hydrogens (tertiary/aromatic N) is 2. The van der Waals surface area contributed by atoms with E-state index in [4.69, 9.17) is 0 Å². The van der Waals surface area contributed by atoms with Crippen LogP contribution in [0.3, 0.4) is 0 Å². The summed E-state index contributed by atoms with van der Waals surface area (Å²) >= 11 is 0. The zero-order chi connectivity index (χ0) is 16.8. The van der Waals surface area contributed by atoms with Gasteiger partial charge >= 0.3 is 0 Å². The lowest BCUT2D eigenvalue weighted by molar-refractivity contribution is 0.346. The highest BCUT2D eigenvalue weighted by Gasteiger charge is 2.27. The van der Waals surface area contributed by atoms with Gasteiger partial charge in [-0.25, -0.2) is 12.7 Å². The van der Waals surface area contributed by atoms with Gasteiger partial charge in [0.1, 0.15) is 0 Å². The second-order valence-corrected chi connectivity index (χ2v) is 9.30. The molecule has 2 N–H and O–H groups in total. The van der Waals surface area contributed by atoms with Crippen molar-refractivity contribution in [2.24, 2.45) is 10.4 Å². The fourth-order valence-electron chi connectivity index (χ4n) is 2.39. The van der Waals surface area contributed by atoms with Gasteiger partial charge < -0.3 is 10.6 Å². The van der Waals surface area contributed by atoms with Gasteiger partial charge in [-0.15, -0.1) is 0 Å². The highest BCUT2D eigenvalue weighted by Crippen LogP contribution is 2.21. The Hall–Kier alpha value is -0.820. The van der Waals surface area contributed by atoms with Crippen LogP contribution in [0, 0.1) is 5.41 Å². The maximum Gasteiger partial charge on any atom is 0.214 e. The molecule has 0 bridgehead atoms. The largest absolute Gasteiger partial charge is 0.355 e. The monoisotopic (exact) mass is 332 g/mol. The lowest BCUT2D eigenvalue weighted by Crippen LogP contribution is -2.45. The molecule has 0 amide bonds. The Kier molecular flexibility index (Phi) is 7.12. The first-order valence-corrected chi connectivity index (χ1v) is 9.70. The molecule has 0 saturated carbocycles. The topological polar surface area (TPSA) is 73.8 Å². The molecule has 0 aliphatic carbocycles. The minimum atomic E-state index is -3.01. The Bertz CT molecular complexity index is 468. The van der Waals surface area contributed by atoms with Crippen LogP contribution in [0.2, 0.25) is 0 Å². The molecule has 0 spiro atoms. The van der Waals surface area contributed by atoms with Gasteiger partial charge in [-0.2, -0.15) is 0 Å². The van der Waals surface area contributed by atoms with E-state index >= 15 is 0 Å². The lowest BCUT2D eigenvalue weighted by Gasteiger charge is -2.23. The first kappa shape index (κ1) is 19.2. The van der Waals surface area contributed by atoms with Crippen LogP contribution in [-0.4, -0.2) is 57.2 Å². The average Bonchev–Trinajstić information content (AvgIpc) is 2.73. The van der Waals surface area contributed by atoms with Crippen LogP contribution >= 0.6 is 0 Å². The maximum absolute atomic E-state index is 11.7. The normalized spacial score (nSPS) is 20.9. The second-order valence-electron chi connectivity index (χ2n) is 7.21. The number of aliphatic imine (C=N–C) groups is 1. The first-order chi connectivity index (χ1) is 10.1. The predicted octanol–water partition coefficient (Wildman–Crippen LogP) is 1.40. The highest BCUT2D eigenvalue weighted by atomic mass is 32.2. The minimum Gasteiger partial charge on any atom is -0.355 e. The molecule has 1 unspecified atom stereocenters. The van der Waals surface area contributed by atoms with E-state index in [1.165, 1.54) is 0 Å². The van der Waals surface area contributed by atoms with Crippen LogP contribution in [-0.2, 0) is 10.0 Å². The quantitative estimate of drug-likeness (QED) is 0.570. The third-order valence-electron chi connectivity index (χ3n) is 3.79. The minimum absolute atomic E-state index is 0.282. The summed E-state index contributed by atoms with van der Waals surface area (Å²) in [6.45, 7) is 10.6. The van der Waals surface area contributed by atoms with Crippen LogP contribution in [0.5, 0.6) is 0 Å². The van der Waals surface area contributed by atoms with Crippen LogP contribution in [0.1, 0.15) is 47.0 Å². The molecule has 0 aromatic rings. The summed E-state index contributed by atoms with van der Waals surface area (Å²) in [6.07, 6.45) is 2.95. The van der Waals surface area contributed by atoms with Gasteiger partial charge in [-0.05, 0) is 31.6 Å². The first-order valence-electron chi connectivity index (χ1n) is 8.09. The van der Waals surface area contributed by atoms with Crippen molar-refractivity contribution in [3.8, 4) is 0 Å². The van der Waals surface area contributed by atoms with E-state index in [1.807, 2.05) is 0 Å². The number of rotatable bonds is 6. The average molecular weight is 333 g/mol. The lowest BCUT2D eigenvalue weighted by atomic mass is 9.89. The number of sulfonamides is 1. The number of nitrogens with one attached hydrogen (secondary N) is 2. The maximum atomic E-state index is 11.7. The van der Waals surface area contributed by atoms with Gasteiger partial charge in [0.25, 0.3) is 0 Å². The summed E-state index contributed by atoms with van der Waals surface area (Å²) in [7, 11) is -1.27. The molecule has 1 rings (SSSR count). The zero-order valence-electron chi connectivity index (χ0n) is 14.6. The van der Waals surface area contributed by atoms with Gasteiger partial charge in [-0.3, -0.25) is 4.99 Å². The van der Waals surface area contributed by atoms with E-state index in [9.17, 15) is 8.42 Å². The van der Waals surface area contributed by atoms with E-state index in [1.54, 1.807) is 11.4 Å². The van der Waals surface area contributed by atoms with Gasteiger partial charge in [0, 0.05) is 32.7 Å². The number of hydrogen-bond acceptors (Lipinski definition) is 3. The Morgan fingerprint density at radius 3 is 2.55 bits per heavy atom. The molecule has 1 aliphatic rings. The summed E-state index contributed by atoms with van der Waals surface area (Å²) in [6, 6.07) is 0.334. The van der Waals surface area contributed by atoms with E-state index < -0.39 is 10.0 Å². The van der Waals surface area contributed by atoms with Crippen molar-refractivity contribution >= 4 is 16.0 Å². The molecule has 1 aliphatic heterocycles. The van der Waals surface area contributed by atoms with E-state index in [2.05, 4.69) is 43.3 Å². The molecular formula is C15H32N4O2S. The fraction of sp³-hybridized carbons (Fsp3) is 0.933. The van der Waals surface area contributed by atoms with Crippen LogP contribution < -0.4 is 10.6 Å². The molecule has 7 heteroatoms. The smallest absolute Gasteiger partial charge is 0.214 e. The molecule has 1 fully saturated rings. The van der Waals surface area contributed by atoms with Crippen LogP contribution in [0.15, 0.2) is 4.99 Å². The summed E-state index contributed by atoms with van der Waals surface area (Å²) < 4.78 is 25.0. The third kappa shape index (κ3) is 6.96. The molecule has 0 radical (unpaired) electrons. The molecule has 0 aromatic carbocycles. The van der Waals surface area contributed by atoms with Gasteiger partial charge in [-0.1, -0.05) is 20.8 Å². The molecule has 0 aromatic heterocycles. The Labute approximate surface area is 135 Å². The molecule has 1 atom stereocenters. The van der Waals surface area contributed by atoms with Gasteiger partial charge in [0.15, 0.2) is 5.96 Å². The SMILES string of the molecule is CN=C(NCCN1CCCS1(=O)=O)NC(C)CCC(C)(C)C. The molecular weight excluding hydrogens is 300 g/mol. The third-order valence-corrected chi connectivity index (χ3v) is 5.75. The molecule has 130 valence electrons. The van der Waals surface area contributed by atoms with Crippen LogP contribution in [0.25, 0.3) is 0 Å². The van der Waals surface area contributed by atoms with Crippen molar-refractivity contribution in [3.63, 3.8) is 0 Å². The van der Waals surface area contributed by atoms with E-state index in [-0.39, 0.29) is 5.75 Å². The van der Waals surface area contributed by atoms with Crippen LogP contribution in [0.4, 0.5) is 0 Å². The fourth-order valence-corrected chi connectivity index (χ4v) is 3.92. The van der Waals surface area contributed by atoms with Crippen molar-refractivity contribution in [2.45, 2.75) is 53.0 Å². The Morgan fingerprint density at radius 2 is 2.05 bits per heavy atom. The van der Waals surface area contributed by atoms with E-state index in [0.717, 1.165) is 25.2 Å². The van der Waals surface area contributed by atoms with Crippen molar-refractivity contribution < 1.29 is 8.42 Å². The van der Waals surface area contributed by atoms with Crippen molar-refractivity contribution in [1.29, 1.82) is 0 Å². The summed E-state index contributed by atoms with van der Waals surface area (Å²) in [5, 5.41) is 6.55. The second kappa shape index (κ2) is 8.15. The summed E-state index contributed by atoms with van der Waals surface area (Å²) in [5.41, 5.74) is 0.330. The molecule has 6 nitrogen and oxygen atoms in total. The number of hydrogen-bond donors (Lipinski definition) is 2. The van der Waals surface area contributed by atoms with Crippen molar-refractivity contribution in [3.05, 3.63) is 0 Å². The molecule has 1 heterocycles. The Morgan fingerprint density at radius 1 is 1.36 bits per heavy atom.